The van der Waals surface area contributed by atoms with Crippen molar-refractivity contribution in [2.24, 2.45) is 5.92 Å². The number of nitrogens with one attached hydrogen (secondary N) is 1. The second-order valence-electron chi connectivity index (χ2n) is 5.93. The third kappa shape index (κ3) is 6.80. The average Bonchev–Trinajstić information content (AvgIpc) is 2.53. The van der Waals surface area contributed by atoms with Crippen LogP contribution in [-0.4, -0.2) is 32.3 Å². The number of piperidine rings is 1. The van der Waals surface area contributed by atoms with Crippen LogP contribution in [0, 0.1) is 12.8 Å². The molecule has 0 aromatic heterocycles. The first-order chi connectivity index (χ1) is 10.7. The van der Waals surface area contributed by atoms with Crippen LogP contribution in [0.25, 0.3) is 0 Å². The summed E-state index contributed by atoms with van der Waals surface area (Å²) in [5, 5.41) is 3.41. The molecule has 1 N–H and O–H groups in total. The minimum atomic E-state index is -0.134. The van der Waals surface area contributed by atoms with Gasteiger partial charge in [-0.3, -0.25) is 4.79 Å². The van der Waals surface area contributed by atoms with Crippen molar-refractivity contribution in [2.75, 3.05) is 26.3 Å². The topological polar surface area (TPSA) is 47.6 Å². The molecule has 130 valence electrons. The molecule has 23 heavy (non-hydrogen) atoms. The van der Waals surface area contributed by atoms with Crippen LogP contribution in [0.3, 0.4) is 0 Å². The lowest BCUT2D eigenvalue weighted by atomic mass is 10.0. The lowest BCUT2D eigenvalue weighted by Crippen LogP contribution is -2.33. The van der Waals surface area contributed by atoms with Crippen LogP contribution in [0.5, 0.6) is 5.75 Å². The molecule has 0 spiro atoms. The van der Waals surface area contributed by atoms with Gasteiger partial charge in [0.25, 0.3) is 0 Å². The van der Waals surface area contributed by atoms with Crippen molar-refractivity contribution in [3.8, 4) is 5.75 Å². The standard InChI is InChI=1S/C18H27NO3.ClH/c1-3-21-18(20)9-7-15-6-8-17(14(2)11-15)22-13-16-5-4-10-19-12-16;/h6,8,11,16,19H,3-5,7,9-10,12-13H2,1-2H3;1H. The van der Waals surface area contributed by atoms with Gasteiger partial charge in [-0.2, -0.15) is 0 Å². The predicted molar refractivity (Wildman–Crippen MR) is 94.5 cm³/mol. The fourth-order valence-corrected chi connectivity index (χ4v) is 2.78. The number of halogens is 1. The Morgan fingerprint density at radius 2 is 2.22 bits per heavy atom. The fraction of sp³-hybridized carbons (Fsp3) is 0.611. The van der Waals surface area contributed by atoms with Gasteiger partial charge in [-0.1, -0.05) is 12.1 Å². The first-order valence-electron chi connectivity index (χ1n) is 8.27. The first-order valence-corrected chi connectivity index (χ1v) is 8.27. The average molecular weight is 342 g/mol. The maximum Gasteiger partial charge on any atom is 0.306 e. The number of benzene rings is 1. The van der Waals surface area contributed by atoms with Gasteiger partial charge in [0.15, 0.2) is 0 Å². The third-order valence-corrected chi connectivity index (χ3v) is 4.04. The van der Waals surface area contributed by atoms with Crippen LogP contribution >= 0.6 is 12.4 Å². The molecule has 4 nitrogen and oxygen atoms in total. The molecule has 1 unspecified atom stereocenters. The molecular weight excluding hydrogens is 314 g/mol. The van der Waals surface area contributed by atoms with E-state index in [1.165, 1.54) is 12.8 Å². The number of esters is 1. The SMILES string of the molecule is CCOC(=O)CCc1ccc(OCC2CCCNC2)c(C)c1.Cl. The van der Waals surface area contributed by atoms with Crippen LogP contribution < -0.4 is 10.1 Å². The molecule has 0 amide bonds. The van der Waals surface area contributed by atoms with Gasteiger partial charge in [-0.25, -0.2) is 0 Å². The molecule has 1 aliphatic heterocycles. The van der Waals surface area contributed by atoms with Crippen molar-refractivity contribution in [2.45, 2.75) is 39.5 Å². The molecular formula is C18H28ClNO3. The molecule has 0 aliphatic carbocycles. The van der Waals surface area contributed by atoms with Crippen LogP contribution in [0.15, 0.2) is 18.2 Å². The summed E-state index contributed by atoms with van der Waals surface area (Å²) in [5.41, 5.74) is 2.28. The van der Waals surface area contributed by atoms with Crippen molar-refractivity contribution in [1.29, 1.82) is 0 Å². The van der Waals surface area contributed by atoms with Gasteiger partial charge in [0.1, 0.15) is 5.75 Å². The summed E-state index contributed by atoms with van der Waals surface area (Å²) in [6, 6.07) is 6.17. The van der Waals surface area contributed by atoms with Gasteiger partial charge in [-0.05, 0) is 56.8 Å². The highest BCUT2D eigenvalue weighted by molar-refractivity contribution is 5.85. The molecule has 2 rings (SSSR count). The zero-order chi connectivity index (χ0) is 15.8. The van der Waals surface area contributed by atoms with Gasteiger partial charge in [0, 0.05) is 18.9 Å². The van der Waals surface area contributed by atoms with E-state index in [0.717, 1.165) is 36.6 Å². The third-order valence-electron chi connectivity index (χ3n) is 4.04. The highest BCUT2D eigenvalue weighted by Gasteiger charge is 2.14. The number of rotatable bonds is 7. The van der Waals surface area contributed by atoms with E-state index in [0.29, 0.717) is 25.4 Å². The van der Waals surface area contributed by atoms with E-state index in [9.17, 15) is 4.79 Å². The lowest BCUT2D eigenvalue weighted by Gasteiger charge is -2.23. The molecule has 1 aromatic carbocycles. The second-order valence-corrected chi connectivity index (χ2v) is 5.93. The van der Waals surface area contributed by atoms with E-state index < -0.39 is 0 Å². The Balaban J connectivity index is 0.00000264. The van der Waals surface area contributed by atoms with E-state index in [1.54, 1.807) is 0 Å². The zero-order valence-corrected chi connectivity index (χ0v) is 14.9. The van der Waals surface area contributed by atoms with Gasteiger partial charge in [0.2, 0.25) is 0 Å². The first kappa shape index (κ1) is 19.8. The number of hydrogen-bond donors (Lipinski definition) is 1. The van der Waals surface area contributed by atoms with Crippen LogP contribution in [0.2, 0.25) is 0 Å². The molecule has 5 heteroatoms. The summed E-state index contributed by atoms with van der Waals surface area (Å²) in [5.74, 6) is 1.42. The quantitative estimate of drug-likeness (QED) is 0.773. The van der Waals surface area contributed by atoms with Crippen molar-refractivity contribution in [3.63, 3.8) is 0 Å². The second kappa shape index (κ2) is 10.5. The van der Waals surface area contributed by atoms with E-state index in [4.69, 9.17) is 9.47 Å². The van der Waals surface area contributed by atoms with Crippen molar-refractivity contribution < 1.29 is 14.3 Å². The zero-order valence-electron chi connectivity index (χ0n) is 14.1. The van der Waals surface area contributed by atoms with E-state index >= 15 is 0 Å². The number of carbonyl (C=O) groups excluding carboxylic acids is 1. The minimum Gasteiger partial charge on any atom is -0.493 e. The van der Waals surface area contributed by atoms with Crippen molar-refractivity contribution in [1.82, 2.24) is 5.32 Å². The maximum absolute atomic E-state index is 11.4. The molecule has 1 aromatic rings. The maximum atomic E-state index is 11.4. The Labute approximate surface area is 145 Å². The summed E-state index contributed by atoms with van der Waals surface area (Å²) in [7, 11) is 0. The van der Waals surface area contributed by atoms with Crippen LogP contribution in [0.1, 0.15) is 37.3 Å². The summed E-state index contributed by atoms with van der Waals surface area (Å²) in [4.78, 5) is 11.4. The summed E-state index contributed by atoms with van der Waals surface area (Å²) in [6.45, 7) is 7.29. The Morgan fingerprint density at radius 1 is 1.39 bits per heavy atom. The minimum absolute atomic E-state index is 0. The van der Waals surface area contributed by atoms with E-state index in [2.05, 4.69) is 18.3 Å². The summed E-state index contributed by atoms with van der Waals surface area (Å²) >= 11 is 0. The van der Waals surface area contributed by atoms with Crippen molar-refractivity contribution >= 4 is 18.4 Å². The van der Waals surface area contributed by atoms with Gasteiger partial charge < -0.3 is 14.8 Å². The van der Waals surface area contributed by atoms with Crippen LogP contribution in [-0.2, 0) is 16.0 Å². The van der Waals surface area contributed by atoms with Gasteiger partial charge in [0.05, 0.1) is 13.2 Å². The van der Waals surface area contributed by atoms with Crippen molar-refractivity contribution in [3.05, 3.63) is 29.3 Å². The molecule has 1 fully saturated rings. The number of aryl methyl sites for hydroxylation is 2. The van der Waals surface area contributed by atoms with Gasteiger partial charge in [-0.15, -0.1) is 12.4 Å². The lowest BCUT2D eigenvalue weighted by molar-refractivity contribution is -0.143. The Kier molecular flexibility index (Phi) is 9.03. The van der Waals surface area contributed by atoms with Crippen LogP contribution in [0.4, 0.5) is 0 Å². The molecule has 0 bridgehead atoms. The molecule has 1 atom stereocenters. The highest BCUT2D eigenvalue weighted by atomic mass is 35.5. The molecule has 1 aliphatic rings. The molecule has 0 saturated carbocycles. The molecule has 0 radical (unpaired) electrons. The van der Waals surface area contributed by atoms with E-state index in [-0.39, 0.29) is 18.4 Å². The predicted octanol–water partition coefficient (Wildman–Crippen LogP) is 3.29. The number of ether oxygens (including phenoxy) is 2. The smallest absolute Gasteiger partial charge is 0.306 e. The normalized spacial score (nSPS) is 17.2. The molecule has 1 saturated heterocycles. The highest BCUT2D eigenvalue weighted by Crippen LogP contribution is 2.21. The van der Waals surface area contributed by atoms with Gasteiger partial charge >= 0.3 is 5.97 Å². The largest absolute Gasteiger partial charge is 0.493 e. The monoisotopic (exact) mass is 341 g/mol. The fourth-order valence-electron chi connectivity index (χ4n) is 2.78. The summed E-state index contributed by atoms with van der Waals surface area (Å²) < 4.78 is 10.9. The number of hydrogen-bond acceptors (Lipinski definition) is 4. The molecule has 1 heterocycles. The number of carbonyl (C=O) groups is 1. The Hall–Kier alpha value is -1.26. The van der Waals surface area contributed by atoms with E-state index in [1.807, 2.05) is 19.1 Å². The summed E-state index contributed by atoms with van der Waals surface area (Å²) in [6.07, 6.45) is 3.62. The Bertz CT molecular complexity index is 487. The Morgan fingerprint density at radius 3 is 2.87 bits per heavy atom.